The lowest BCUT2D eigenvalue weighted by atomic mass is 10.1. The number of para-hydroxylation sites is 1. The van der Waals surface area contributed by atoms with Crippen molar-refractivity contribution < 1.29 is 14.6 Å². The summed E-state index contributed by atoms with van der Waals surface area (Å²) in [7, 11) is 1.55. The quantitative estimate of drug-likeness (QED) is 0.810. The Morgan fingerprint density at radius 2 is 2.27 bits per heavy atom. The maximum atomic E-state index is 10.9. The van der Waals surface area contributed by atoms with Crippen LogP contribution < -0.4 is 4.74 Å². The lowest BCUT2D eigenvalue weighted by molar-refractivity contribution is 0.0699. The molecule has 4 heteroatoms. The second-order valence-corrected chi connectivity index (χ2v) is 3.06. The Morgan fingerprint density at radius 1 is 1.47 bits per heavy atom. The summed E-state index contributed by atoms with van der Waals surface area (Å²) < 4.78 is 5.01. The highest BCUT2D eigenvalue weighted by molar-refractivity contribution is 6.01. The highest BCUT2D eigenvalue weighted by Crippen LogP contribution is 2.20. The largest absolute Gasteiger partial charge is 0.495 e. The van der Waals surface area contributed by atoms with E-state index in [1.54, 1.807) is 25.3 Å². The van der Waals surface area contributed by atoms with Crippen molar-refractivity contribution in [2.24, 2.45) is 0 Å². The minimum absolute atomic E-state index is 0.204. The fraction of sp³-hybridized carbons (Fsp3) is 0.0909. The maximum absolute atomic E-state index is 10.9. The molecule has 15 heavy (non-hydrogen) atoms. The van der Waals surface area contributed by atoms with Crippen LogP contribution in [0.2, 0.25) is 0 Å². The molecule has 1 aromatic heterocycles. The van der Waals surface area contributed by atoms with Gasteiger partial charge in [0.2, 0.25) is 0 Å². The monoisotopic (exact) mass is 203 g/mol. The molecule has 4 nitrogen and oxygen atoms in total. The number of carbonyl (C=O) groups is 1. The van der Waals surface area contributed by atoms with Gasteiger partial charge in [-0.3, -0.25) is 4.98 Å². The third-order valence-electron chi connectivity index (χ3n) is 2.15. The van der Waals surface area contributed by atoms with Crippen LogP contribution in [0.5, 0.6) is 5.75 Å². The molecule has 0 amide bonds. The molecule has 0 aliphatic heterocycles. The number of hydrogen-bond acceptors (Lipinski definition) is 3. The SMILES string of the molecule is COc1cnc2c(C(=O)O)cccc2c1. The van der Waals surface area contributed by atoms with Gasteiger partial charge in [-0.15, -0.1) is 0 Å². The van der Waals surface area contributed by atoms with Crippen molar-refractivity contribution >= 4 is 16.9 Å². The fourth-order valence-corrected chi connectivity index (χ4v) is 1.42. The van der Waals surface area contributed by atoms with Gasteiger partial charge in [-0.05, 0) is 12.1 Å². The van der Waals surface area contributed by atoms with Gasteiger partial charge in [0.1, 0.15) is 5.75 Å². The van der Waals surface area contributed by atoms with Crippen molar-refractivity contribution in [2.45, 2.75) is 0 Å². The average Bonchev–Trinajstić information content (AvgIpc) is 2.27. The Labute approximate surface area is 86.1 Å². The minimum Gasteiger partial charge on any atom is -0.495 e. The van der Waals surface area contributed by atoms with Gasteiger partial charge in [0.05, 0.1) is 24.4 Å². The van der Waals surface area contributed by atoms with Crippen LogP contribution in [-0.4, -0.2) is 23.2 Å². The summed E-state index contributed by atoms with van der Waals surface area (Å²) in [6, 6.07) is 6.78. The van der Waals surface area contributed by atoms with Gasteiger partial charge < -0.3 is 9.84 Å². The van der Waals surface area contributed by atoms with E-state index in [1.807, 2.05) is 0 Å². The number of carboxylic acids is 1. The molecule has 0 spiro atoms. The summed E-state index contributed by atoms with van der Waals surface area (Å²) in [5.74, 6) is -0.358. The van der Waals surface area contributed by atoms with Crippen molar-refractivity contribution in [3.8, 4) is 5.75 Å². The van der Waals surface area contributed by atoms with Crippen LogP contribution in [0.1, 0.15) is 10.4 Å². The second kappa shape index (κ2) is 3.57. The highest BCUT2D eigenvalue weighted by atomic mass is 16.5. The summed E-state index contributed by atoms with van der Waals surface area (Å²) in [6.07, 6.45) is 1.51. The van der Waals surface area contributed by atoms with E-state index in [4.69, 9.17) is 9.84 Å². The molecule has 1 aromatic carbocycles. The number of fused-ring (bicyclic) bond motifs is 1. The van der Waals surface area contributed by atoms with E-state index in [9.17, 15) is 4.79 Å². The maximum Gasteiger partial charge on any atom is 0.337 e. The third-order valence-corrected chi connectivity index (χ3v) is 2.15. The summed E-state index contributed by atoms with van der Waals surface area (Å²) in [4.78, 5) is 15.0. The molecule has 2 rings (SSSR count). The summed E-state index contributed by atoms with van der Waals surface area (Å²) >= 11 is 0. The van der Waals surface area contributed by atoms with Crippen molar-refractivity contribution in [1.82, 2.24) is 4.98 Å². The van der Waals surface area contributed by atoms with Crippen LogP contribution in [-0.2, 0) is 0 Å². The topological polar surface area (TPSA) is 59.4 Å². The van der Waals surface area contributed by atoms with E-state index in [0.717, 1.165) is 5.39 Å². The predicted molar refractivity (Wildman–Crippen MR) is 55.3 cm³/mol. The van der Waals surface area contributed by atoms with Gasteiger partial charge in [-0.25, -0.2) is 4.79 Å². The molecule has 0 bridgehead atoms. The van der Waals surface area contributed by atoms with E-state index in [1.165, 1.54) is 12.3 Å². The summed E-state index contributed by atoms with van der Waals surface area (Å²) in [6.45, 7) is 0. The number of ether oxygens (including phenoxy) is 1. The molecule has 0 saturated heterocycles. The molecule has 0 saturated carbocycles. The smallest absolute Gasteiger partial charge is 0.337 e. The molecule has 76 valence electrons. The highest BCUT2D eigenvalue weighted by Gasteiger charge is 2.09. The first kappa shape index (κ1) is 9.45. The second-order valence-electron chi connectivity index (χ2n) is 3.06. The summed E-state index contributed by atoms with van der Waals surface area (Å²) in [5, 5.41) is 9.70. The number of nitrogens with zero attached hydrogens (tertiary/aromatic N) is 1. The zero-order valence-corrected chi connectivity index (χ0v) is 8.10. The molecular formula is C11H9NO3. The molecule has 0 fully saturated rings. The number of aromatic carboxylic acids is 1. The first-order valence-corrected chi connectivity index (χ1v) is 4.38. The van der Waals surface area contributed by atoms with E-state index < -0.39 is 5.97 Å². The normalized spacial score (nSPS) is 10.2. The molecule has 0 radical (unpaired) electrons. The number of methoxy groups -OCH3 is 1. The van der Waals surface area contributed by atoms with Crippen LogP contribution in [0.3, 0.4) is 0 Å². The Kier molecular flexibility index (Phi) is 2.25. The van der Waals surface area contributed by atoms with Crippen LogP contribution in [0.25, 0.3) is 10.9 Å². The van der Waals surface area contributed by atoms with E-state index in [2.05, 4.69) is 4.98 Å². The number of pyridine rings is 1. The summed E-state index contributed by atoms with van der Waals surface area (Å²) in [5.41, 5.74) is 0.681. The number of benzene rings is 1. The van der Waals surface area contributed by atoms with E-state index in [0.29, 0.717) is 11.3 Å². The zero-order valence-electron chi connectivity index (χ0n) is 8.10. The molecule has 1 heterocycles. The number of hydrogen-bond donors (Lipinski definition) is 1. The van der Waals surface area contributed by atoms with E-state index >= 15 is 0 Å². The van der Waals surface area contributed by atoms with Gasteiger partial charge in [0.15, 0.2) is 0 Å². The first-order valence-electron chi connectivity index (χ1n) is 4.38. The van der Waals surface area contributed by atoms with Crippen molar-refractivity contribution in [1.29, 1.82) is 0 Å². The van der Waals surface area contributed by atoms with Gasteiger partial charge in [-0.2, -0.15) is 0 Å². The van der Waals surface area contributed by atoms with Crippen molar-refractivity contribution in [2.75, 3.05) is 7.11 Å². The van der Waals surface area contributed by atoms with Gasteiger partial charge in [-0.1, -0.05) is 12.1 Å². The molecule has 0 unspecified atom stereocenters. The third kappa shape index (κ3) is 1.61. The van der Waals surface area contributed by atoms with Crippen LogP contribution in [0.15, 0.2) is 30.5 Å². The lowest BCUT2D eigenvalue weighted by Crippen LogP contribution is -1.98. The fourth-order valence-electron chi connectivity index (χ4n) is 1.42. The minimum atomic E-state index is -0.974. The van der Waals surface area contributed by atoms with Crippen LogP contribution in [0, 0.1) is 0 Å². The molecule has 0 atom stereocenters. The Morgan fingerprint density at radius 3 is 2.93 bits per heavy atom. The molecule has 1 N–H and O–H groups in total. The predicted octanol–water partition coefficient (Wildman–Crippen LogP) is 1.94. The van der Waals surface area contributed by atoms with Gasteiger partial charge in [0, 0.05) is 5.39 Å². The van der Waals surface area contributed by atoms with Crippen LogP contribution >= 0.6 is 0 Å². The Bertz CT molecular complexity index is 522. The number of rotatable bonds is 2. The Hall–Kier alpha value is -2.10. The molecule has 0 aliphatic rings. The van der Waals surface area contributed by atoms with Gasteiger partial charge >= 0.3 is 5.97 Å². The Balaban J connectivity index is 2.72. The molecule has 0 aliphatic carbocycles. The zero-order chi connectivity index (χ0) is 10.8. The number of aromatic nitrogens is 1. The standard InChI is InChI=1S/C11H9NO3/c1-15-8-5-7-3-2-4-9(11(13)14)10(7)12-6-8/h2-6H,1H3,(H,13,14). The molecule has 2 aromatic rings. The average molecular weight is 203 g/mol. The number of carboxylic acid groups (broad SMARTS) is 1. The lowest BCUT2D eigenvalue weighted by Gasteiger charge is -2.03. The van der Waals surface area contributed by atoms with Crippen molar-refractivity contribution in [3.05, 3.63) is 36.0 Å². The first-order chi connectivity index (χ1) is 7.22. The van der Waals surface area contributed by atoms with E-state index in [-0.39, 0.29) is 5.56 Å². The van der Waals surface area contributed by atoms with Crippen LogP contribution in [0.4, 0.5) is 0 Å². The molecular weight excluding hydrogens is 194 g/mol. The van der Waals surface area contributed by atoms with Gasteiger partial charge in [0.25, 0.3) is 0 Å². The van der Waals surface area contributed by atoms with Crippen molar-refractivity contribution in [3.63, 3.8) is 0 Å².